The number of hydrogen-bond donors (Lipinski definition) is 3. The number of benzene rings is 1. The fourth-order valence-corrected chi connectivity index (χ4v) is 2.23. The Hall–Kier alpha value is -2.63. The summed E-state index contributed by atoms with van der Waals surface area (Å²) in [6.45, 7) is 4.41. The fraction of sp³-hybridized carbons (Fsp3) is 0.353. The van der Waals surface area contributed by atoms with Crippen molar-refractivity contribution in [3.63, 3.8) is 0 Å². The van der Waals surface area contributed by atoms with Gasteiger partial charge in [-0.3, -0.25) is 9.79 Å². The standard InChI is InChI=1S/C17H23N5O/c1-3-4-5-8-19-17(18)22-21-11-14-10-20-16-7-6-13(12(2)23)9-15(14)16/h6-7,9-11,20H,3-5,8H2,1-2H3,(H3,18,19,22)/b21-11+. The van der Waals surface area contributed by atoms with E-state index in [4.69, 9.17) is 5.73 Å². The number of nitrogens with zero attached hydrogens (tertiary/aromatic N) is 2. The minimum absolute atomic E-state index is 0.0394. The van der Waals surface area contributed by atoms with Gasteiger partial charge in [-0.2, -0.15) is 5.10 Å². The Morgan fingerprint density at radius 2 is 2.22 bits per heavy atom. The van der Waals surface area contributed by atoms with Gasteiger partial charge in [0.25, 0.3) is 0 Å². The molecule has 0 saturated carbocycles. The highest BCUT2D eigenvalue weighted by atomic mass is 16.1. The topological polar surface area (TPSA) is 95.6 Å². The zero-order valence-electron chi connectivity index (χ0n) is 13.6. The van der Waals surface area contributed by atoms with Gasteiger partial charge in [0.2, 0.25) is 5.96 Å². The van der Waals surface area contributed by atoms with Crippen LogP contribution in [0.2, 0.25) is 0 Å². The molecule has 6 nitrogen and oxygen atoms in total. The lowest BCUT2D eigenvalue weighted by molar-refractivity contribution is 0.101. The number of carbonyl (C=O) groups excluding carboxylic acids is 1. The van der Waals surface area contributed by atoms with Crippen molar-refractivity contribution in [3.05, 3.63) is 35.5 Å². The summed E-state index contributed by atoms with van der Waals surface area (Å²) >= 11 is 0. The first-order valence-electron chi connectivity index (χ1n) is 7.83. The van der Waals surface area contributed by atoms with Gasteiger partial charge >= 0.3 is 0 Å². The van der Waals surface area contributed by atoms with Gasteiger partial charge in [0.15, 0.2) is 5.78 Å². The van der Waals surface area contributed by atoms with Crippen molar-refractivity contribution in [2.75, 3.05) is 6.54 Å². The summed E-state index contributed by atoms with van der Waals surface area (Å²) in [6.07, 6.45) is 6.84. The highest BCUT2D eigenvalue weighted by molar-refractivity contribution is 6.03. The van der Waals surface area contributed by atoms with Crippen LogP contribution in [0, 0.1) is 0 Å². The van der Waals surface area contributed by atoms with E-state index < -0.39 is 0 Å². The molecule has 1 aromatic heterocycles. The van der Waals surface area contributed by atoms with E-state index in [1.165, 1.54) is 0 Å². The number of Topliss-reactive ketones (excluding diaryl/α,β-unsaturated/α-hetero) is 1. The summed E-state index contributed by atoms with van der Waals surface area (Å²) in [6, 6.07) is 5.55. The SMILES string of the molecule is CCCCCN=C(N)N/N=C/c1c[nH]c2ccc(C(C)=O)cc12. The maximum Gasteiger partial charge on any atom is 0.209 e. The van der Waals surface area contributed by atoms with E-state index in [9.17, 15) is 4.79 Å². The number of fused-ring (bicyclic) bond motifs is 1. The third kappa shape index (κ3) is 4.67. The zero-order chi connectivity index (χ0) is 16.7. The molecule has 0 aliphatic heterocycles. The number of aliphatic imine (C=N–C) groups is 1. The van der Waals surface area contributed by atoms with E-state index in [0.717, 1.165) is 35.7 Å². The molecule has 0 amide bonds. The molecule has 0 bridgehead atoms. The van der Waals surface area contributed by atoms with Crippen molar-refractivity contribution >= 4 is 28.9 Å². The van der Waals surface area contributed by atoms with Crippen LogP contribution >= 0.6 is 0 Å². The number of hydrazone groups is 1. The van der Waals surface area contributed by atoms with Crippen LogP contribution in [0.4, 0.5) is 0 Å². The number of unbranched alkanes of at least 4 members (excludes halogenated alkanes) is 2. The first-order valence-corrected chi connectivity index (χ1v) is 7.83. The predicted octanol–water partition coefficient (Wildman–Crippen LogP) is 2.80. The number of nitrogens with one attached hydrogen (secondary N) is 2. The minimum atomic E-state index is 0.0394. The quantitative estimate of drug-likeness (QED) is 0.241. The van der Waals surface area contributed by atoms with Crippen LogP contribution in [-0.2, 0) is 0 Å². The van der Waals surface area contributed by atoms with E-state index in [2.05, 4.69) is 27.4 Å². The Kier molecular flexibility index (Phi) is 5.91. The largest absolute Gasteiger partial charge is 0.369 e. The molecule has 0 aliphatic carbocycles. The summed E-state index contributed by atoms with van der Waals surface area (Å²) in [5, 5.41) is 5.05. The van der Waals surface area contributed by atoms with E-state index >= 15 is 0 Å². The molecule has 122 valence electrons. The molecule has 0 atom stereocenters. The molecule has 0 fully saturated rings. The van der Waals surface area contributed by atoms with Gasteiger partial charge in [0.1, 0.15) is 0 Å². The van der Waals surface area contributed by atoms with Crippen molar-refractivity contribution in [3.8, 4) is 0 Å². The second kappa shape index (κ2) is 8.12. The number of aromatic amines is 1. The molecule has 0 radical (unpaired) electrons. The summed E-state index contributed by atoms with van der Waals surface area (Å²) in [4.78, 5) is 18.8. The summed E-state index contributed by atoms with van der Waals surface area (Å²) < 4.78 is 0. The average Bonchev–Trinajstić information content (AvgIpc) is 2.94. The maximum absolute atomic E-state index is 11.5. The Bertz CT molecular complexity index is 730. The Labute approximate surface area is 135 Å². The van der Waals surface area contributed by atoms with Crippen molar-refractivity contribution in [1.29, 1.82) is 0 Å². The lowest BCUT2D eigenvalue weighted by Gasteiger charge is -1.99. The number of hydrogen-bond acceptors (Lipinski definition) is 3. The van der Waals surface area contributed by atoms with Gasteiger partial charge in [-0.05, 0) is 31.5 Å². The van der Waals surface area contributed by atoms with Crippen LogP contribution in [0.1, 0.15) is 49.0 Å². The van der Waals surface area contributed by atoms with E-state index in [0.29, 0.717) is 18.1 Å². The minimum Gasteiger partial charge on any atom is -0.369 e. The summed E-state index contributed by atoms with van der Waals surface area (Å²) in [7, 11) is 0. The average molecular weight is 313 g/mol. The van der Waals surface area contributed by atoms with Crippen LogP contribution in [0.15, 0.2) is 34.5 Å². The first kappa shape index (κ1) is 16.7. The number of H-pyrrole nitrogens is 1. The highest BCUT2D eigenvalue weighted by Gasteiger charge is 2.05. The van der Waals surface area contributed by atoms with Gasteiger partial charge in [-0.1, -0.05) is 19.8 Å². The van der Waals surface area contributed by atoms with Crippen molar-refractivity contribution in [2.24, 2.45) is 15.8 Å². The Morgan fingerprint density at radius 3 is 2.96 bits per heavy atom. The van der Waals surface area contributed by atoms with Crippen molar-refractivity contribution in [2.45, 2.75) is 33.1 Å². The third-order valence-electron chi connectivity index (χ3n) is 3.55. The molecule has 2 rings (SSSR count). The number of carbonyl (C=O) groups is 1. The maximum atomic E-state index is 11.5. The van der Waals surface area contributed by atoms with Gasteiger partial charge < -0.3 is 10.7 Å². The number of rotatable bonds is 7. The van der Waals surface area contributed by atoms with E-state index in [-0.39, 0.29) is 5.78 Å². The molecular weight excluding hydrogens is 290 g/mol. The molecule has 2 aromatic rings. The molecule has 6 heteroatoms. The number of guanidine groups is 1. The summed E-state index contributed by atoms with van der Waals surface area (Å²) in [5.41, 5.74) is 11.0. The number of aromatic nitrogens is 1. The molecule has 0 aliphatic rings. The summed E-state index contributed by atoms with van der Waals surface area (Å²) in [5.74, 6) is 0.346. The zero-order valence-corrected chi connectivity index (χ0v) is 13.6. The lowest BCUT2D eigenvalue weighted by Crippen LogP contribution is -2.27. The van der Waals surface area contributed by atoms with Crippen LogP contribution in [0.5, 0.6) is 0 Å². The second-order valence-electron chi connectivity index (χ2n) is 5.40. The Balaban J connectivity index is 2.03. The normalized spacial score (nSPS) is 12.2. The molecule has 23 heavy (non-hydrogen) atoms. The lowest BCUT2D eigenvalue weighted by atomic mass is 10.1. The smallest absolute Gasteiger partial charge is 0.209 e. The number of ketones is 1. The van der Waals surface area contributed by atoms with Crippen LogP contribution in [-0.4, -0.2) is 29.5 Å². The van der Waals surface area contributed by atoms with Crippen LogP contribution < -0.4 is 11.2 Å². The number of nitrogens with two attached hydrogens (primary N) is 1. The Morgan fingerprint density at radius 1 is 1.39 bits per heavy atom. The molecule has 0 unspecified atom stereocenters. The van der Waals surface area contributed by atoms with Crippen LogP contribution in [0.3, 0.4) is 0 Å². The van der Waals surface area contributed by atoms with Gasteiger partial charge in [0, 0.05) is 34.8 Å². The van der Waals surface area contributed by atoms with Gasteiger partial charge in [-0.25, -0.2) is 5.43 Å². The van der Waals surface area contributed by atoms with Gasteiger partial charge in [-0.15, -0.1) is 0 Å². The molecule has 4 N–H and O–H groups in total. The molecule has 0 spiro atoms. The van der Waals surface area contributed by atoms with Crippen molar-refractivity contribution in [1.82, 2.24) is 10.4 Å². The molecule has 1 aromatic carbocycles. The molecule has 0 saturated heterocycles. The predicted molar refractivity (Wildman–Crippen MR) is 95.0 cm³/mol. The highest BCUT2D eigenvalue weighted by Crippen LogP contribution is 2.18. The van der Waals surface area contributed by atoms with Crippen LogP contribution in [0.25, 0.3) is 10.9 Å². The monoisotopic (exact) mass is 313 g/mol. The molecule has 1 heterocycles. The molecular formula is C17H23N5O. The fourth-order valence-electron chi connectivity index (χ4n) is 2.23. The van der Waals surface area contributed by atoms with E-state index in [1.807, 2.05) is 18.3 Å². The van der Waals surface area contributed by atoms with Crippen molar-refractivity contribution < 1.29 is 4.79 Å². The van der Waals surface area contributed by atoms with Gasteiger partial charge in [0.05, 0.1) is 6.21 Å². The third-order valence-corrected chi connectivity index (χ3v) is 3.55. The van der Waals surface area contributed by atoms with E-state index in [1.54, 1.807) is 19.2 Å². The first-order chi connectivity index (χ1) is 11.1. The second-order valence-corrected chi connectivity index (χ2v) is 5.40.